The van der Waals surface area contributed by atoms with Crippen molar-refractivity contribution < 1.29 is 14.0 Å². The fourth-order valence-corrected chi connectivity index (χ4v) is 4.02. The van der Waals surface area contributed by atoms with Crippen LogP contribution in [0.1, 0.15) is 40.5 Å². The number of nitrogens with zero attached hydrogens (tertiary/aromatic N) is 2. The minimum Gasteiger partial charge on any atom is -0.346 e. The van der Waals surface area contributed by atoms with Gasteiger partial charge in [-0.05, 0) is 48.7 Å². The van der Waals surface area contributed by atoms with E-state index in [9.17, 15) is 14.0 Å². The molecule has 0 fully saturated rings. The Morgan fingerprint density at radius 2 is 1.69 bits per heavy atom. The minimum absolute atomic E-state index is 0.0534. The van der Waals surface area contributed by atoms with Crippen molar-refractivity contribution in [2.75, 3.05) is 13.6 Å². The number of aromatic amines is 1. The Kier molecular flexibility index (Phi) is 8.24. The Morgan fingerprint density at radius 1 is 0.972 bits per heavy atom. The summed E-state index contributed by atoms with van der Waals surface area (Å²) >= 11 is 0. The van der Waals surface area contributed by atoms with Crippen molar-refractivity contribution in [3.63, 3.8) is 0 Å². The predicted molar refractivity (Wildman–Crippen MR) is 138 cm³/mol. The van der Waals surface area contributed by atoms with Gasteiger partial charge in [0, 0.05) is 30.4 Å². The predicted octanol–water partition coefficient (Wildman–Crippen LogP) is 5.17. The fourth-order valence-electron chi connectivity index (χ4n) is 4.02. The molecule has 0 aliphatic heterocycles. The first-order valence-electron chi connectivity index (χ1n) is 11.9. The highest BCUT2D eigenvalue weighted by molar-refractivity contribution is 5.94. The van der Waals surface area contributed by atoms with Crippen LogP contribution in [0.4, 0.5) is 4.39 Å². The van der Waals surface area contributed by atoms with E-state index in [4.69, 9.17) is 0 Å². The summed E-state index contributed by atoms with van der Waals surface area (Å²) in [4.78, 5) is 27.5. The molecule has 36 heavy (non-hydrogen) atoms. The third-order valence-corrected chi connectivity index (χ3v) is 6.04. The third kappa shape index (κ3) is 6.66. The van der Waals surface area contributed by atoms with Crippen LogP contribution in [0.3, 0.4) is 0 Å². The van der Waals surface area contributed by atoms with Gasteiger partial charge in [-0.3, -0.25) is 14.7 Å². The average molecular weight is 485 g/mol. The molecule has 1 unspecified atom stereocenters. The monoisotopic (exact) mass is 484 g/mol. The number of H-pyrrole nitrogens is 1. The molecule has 0 radical (unpaired) electrons. The molecule has 6 nitrogen and oxygen atoms in total. The summed E-state index contributed by atoms with van der Waals surface area (Å²) in [5.41, 5.74) is 3.76. The van der Waals surface area contributed by atoms with E-state index < -0.39 is 6.04 Å². The number of aromatic nitrogens is 2. The van der Waals surface area contributed by atoms with Crippen molar-refractivity contribution >= 4 is 11.8 Å². The van der Waals surface area contributed by atoms with Crippen molar-refractivity contribution in [1.29, 1.82) is 0 Å². The number of hydrogen-bond donors (Lipinski definition) is 2. The Balaban J connectivity index is 1.32. The molecule has 4 rings (SSSR count). The molecule has 2 N–H and O–H groups in total. The average Bonchev–Trinajstić information content (AvgIpc) is 3.38. The maximum absolute atomic E-state index is 13.5. The lowest BCUT2D eigenvalue weighted by atomic mass is 10.0. The van der Waals surface area contributed by atoms with Gasteiger partial charge in [0.05, 0.1) is 18.2 Å². The summed E-state index contributed by atoms with van der Waals surface area (Å²) in [7, 11) is 1.77. The Labute approximate surface area is 210 Å². The van der Waals surface area contributed by atoms with Crippen LogP contribution in [-0.4, -0.2) is 40.5 Å². The van der Waals surface area contributed by atoms with Crippen LogP contribution >= 0.6 is 0 Å². The van der Waals surface area contributed by atoms with E-state index in [1.54, 1.807) is 30.1 Å². The minimum atomic E-state index is -0.435. The van der Waals surface area contributed by atoms with Gasteiger partial charge in [0.15, 0.2) is 0 Å². The molecule has 1 aromatic heterocycles. The van der Waals surface area contributed by atoms with Crippen molar-refractivity contribution in [3.8, 4) is 11.3 Å². The Bertz CT molecular complexity index is 1290. The van der Waals surface area contributed by atoms with Crippen molar-refractivity contribution in [2.24, 2.45) is 0 Å². The quantitative estimate of drug-likeness (QED) is 0.326. The molecule has 184 valence electrons. The van der Waals surface area contributed by atoms with E-state index >= 15 is 0 Å². The molecule has 0 saturated heterocycles. The lowest BCUT2D eigenvalue weighted by Gasteiger charge is -2.23. The van der Waals surface area contributed by atoms with Crippen molar-refractivity contribution in [1.82, 2.24) is 20.4 Å². The maximum atomic E-state index is 13.5. The Morgan fingerprint density at radius 3 is 2.42 bits per heavy atom. The van der Waals surface area contributed by atoms with Crippen LogP contribution in [0.15, 0.2) is 91.0 Å². The SMILES string of the molecule is CN(CCCc1cc(-c2cccc(F)c2)n[nH]1)C(=O)CC(NC(=O)c1ccccc1)c1ccccc1. The zero-order valence-corrected chi connectivity index (χ0v) is 20.2. The highest BCUT2D eigenvalue weighted by atomic mass is 19.1. The van der Waals surface area contributed by atoms with Gasteiger partial charge >= 0.3 is 0 Å². The second-order valence-corrected chi connectivity index (χ2v) is 8.71. The first-order chi connectivity index (χ1) is 17.5. The molecule has 7 heteroatoms. The van der Waals surface area contributed by atoms with Gasteiger partial charge in [-0.15, -0.1) is 0 Å². The standard InChI is InChI=1S/C29H29FN4O2/c1-34(17-9-16-25-19-27(33-32-25)23-14-8-15-24(30)18-23)28(35)20-26(21-10-4-2-5-11-21)31-29(36)22-12-6-3-7-13-22/h2-8,10-15,18-19,26H,9,16-17,20H2,1H3,(H,31,36)(H,32,33). The van der Waals surface area contributed by atoms with E-state index in [2.05, 4.69) is 15.5 Å². The molecule has 0 aliphatic carbocycles. The number of carbonyl (C=O) groups is 2. The number of benzene rings is 3. The fraction of sp³-hybridized carbons (Fsp3) is 0.207. The molecule has 1 atom stereocenters. The molecular formula is C29H29FN4O2. The summed E-state index contributed by atoms with van der Waals surface area (Å²) < 4.78 is 13.5. The highest BCUT2D eigenvalue weighted by Gasteiger charge is 2.21. The third-order valence-electron chi connectivity index (χ3n) is 6.04. The molecule has 3 aromatic carbocycles. The largest absolute Gasteiger partial charge is 0.346 e. The summed E-state index contributed by atoms with van der Waals surface area (Å²) in [6, 6.07) is 26.3. The molecule has 0 aliphatic rings. The van der Waals surface area contributed by atoms with Crippen molar-refractivity contribution in [2.45, 2.75) is 25.3 Å². The molecule has 4 aromatic rings. The van der Waals surface area contributed by atoms with E-state index in [1.807, 2.05) is 60.7 Å². The second-order valence-electron chi connectivity index (χ2n) is 8.71. The summed E-state index contributed by atoms with van der Waals surface area (Å²) in [6.45, 7) is 0.557. The number of nitrogens with one attached hydrogen (secondary N) is 2. The van der Waals surface area contributed by atoms with Gasteiger partial charge in [-0.1, -0.05) is 60.7 Å². The first kappa shape index (κ1) is 24.9. The second kappa shape index (κ2) is 11.9. The smallest absolute Gasteiger partial charge is 0.251 e. The Hall–Kier alpha value is -4.26. The molecule has 0 spiro atoms. The number of rotatable bonds is 10. The van der Waals surface area contributed by atoms with Crippen LogP contribution in [0.2, 0.25) is 0 Å². The molecule has 0 bridgehead atoms. The number of amides is 2. The summed E-state index contributed by atoms with van der Waals surface area (Å²) in [5.74, 6) is -0.568. The van der Waals surface area contributed by atoms with Gasteiger partial charge in [0.25, 0.3) is 5.91 Å². The topological polar surface area (TPSA) is 78.1 Å². The van der Waals surface area contributed by atoms with E-state index in [1.165, 1.54) is 12.1 Å². The van der Waals surface area contributed by atoms with Gasteiger partial charge in [-0.25, -0.2) is 4.39 Å². The van der Waals surface area contributed by atoms with Crippen LogP contribution in [0, 0.1) is 5.82 Å². The van der Waals surface area contributed by atoms with Gasteiger partial charge in [0.1, 0.15) is 5.82 Å². The van der Waals surface area contributed by atoms with E-state index in [-0.39, 0.29) is 24.1 Å². The zero-order chi connectivity index (χ0) is 25.3. The zero-order valence-electron chi connectivity index (χ0n) is 20.2. The van der Waals surface area contributed by atoms with E-state index in [0.717, 1.165) is 17.7 Å². The highest BCUT2D eigenvalue weighted by Crippen LogP contribution is 2.20. The molecular weight excluding hydrogens is 455 g/mol. The van der Waals surface area contributed by atoms with Crippen LogP contribution < -0.4 is 5.32 Å². The van der Waals surface area contributed by atoms with Crippen LogP contribution in [0.5, 0.6) is 0 Å². The summed E-state index contributed by atoms with van der Waals surface area (Å²) in [5, 5.41) is 10.3. The number of aryl methyl sites for hydroxylation is 1. The van der Waals surface area contributed by atoms with E-state index in [0.29, 0.717) is 29.8 Å². The van der Waals surface area contributed by atoms with Crippen LogP contribution in [0.25, 0.3) is 11.3 Å². The van der Waals surface area contributed by atoms with Gasteiger partial charge in [-0.2, -0.15) is 5.10 Å². The lowest BCUT2D eigenvalue weighted by Crippen LogP contribution is -2.35. The van der Waals surface area contributed by atoms with Gasteiger partial charge < -0.3 is 10.2 Å². The maximum Gasteiger partial charge on any atom is 0.251 e. The molecule has 1 heterocycles. The summed E-state index contributed by atoms with van der Waals surface area (Å²) in [6.07, 6.45) is 1.60. The molecule has 0 saturated carbocycles. The first-order valence-corrected chi connectivity index (χ1v) is 11.9. The van der Waals surface area contributed by atoms with Gasteiger partial charge in [0.2, 0.25) is 5.91 Å². The van der Waals surface area contributed by atoms with Crippen LogP contribution in [-0.2, 0) is 11.2 Å². The number of carbonyl (C=O) groups excluding carboxylic acids is 2. The molecule has 2 amide bonds. The number of hydrogen-bond acceptors (Lipinski definition) is 3. The number of halogens is 1. The lowest BCUT2D eigenvalue weighted by molar-refractivity contribution is -0.130. The normalized spacial score (nSPS) is 11.6. The van der Waals surface area contributed by atoms with Crippen molar-refractivity contribution in [3.05, 3.63) is 114 Å².